The normalized spacial score (nSPS) is 21.3. The van der Waals surface area contributed by atoms with Gasteiger partial charge in [0.25, 0.3) is 0 Å². The second-order valence-corrected chi connectivity index (χ2v) is 7.53. The van der Waals surface area contributed by atoms with Gasteiger partial charge in [0.05, 0.1) is 6.04 Å². The number of ether oxygens (including phenoxy) is 2. The van der Waals surface area contributed by atoms with E-state index in [2.05, 4.69) is 17.1 Å². The molecule has 2 unspecified atom stereocenters. The fourth-order valence-corrected chi connectivity index (χ4v) is 3.67. The molecule has 2 aliphatic rings. The molecule has 2 saturated heterocycles. The second-order valence-electron chi connectivity index (χ2n) is 7.53. The Labute approximate surface area is 180 Å². The first-order chi connectivity index (χ1) is 12.6. The Hall–Kier alpha value is -1.05. The van der Waals surface area contributed by atoms with Crippen molar-refractivity contribution < 1.29 is 14.3 Å². The van der Waals surface area contributed by atoms with Crippen LogP contribution < -0.4 is 15.8 Å². The van der Waals surface area contributed by atoms with Crippen molar-refractivity contribution in [3.05, 3.63) is 24.3 Å². The van der Waals surface area contributed by atoms with Crippen LogP contribution in [0.5, 0.6) is 5.75 Å². The van der Waals surface area contributed by atoms with Gasteiger partial charge in [-0.1, -0.05) is 6.92 Å². The third-order valence-electron chi connectivity index (χ3n) is 5.38. The Morgan fingerprint density at radius 3 is 2.54 bits per heavy atom. The summed E-state index contributed by atoms with van der Waals surface area (Å²) in [5, 5.41) is 2.90. The number of hydrogen-bond donors (Lipinski definition) is 2. The Balaban J connectivity index is 0.00000196. The lowest BCUT2D eigenvalue weighted by Crippen LogP contribution is -2.43. The zero-order valence-corrected chi connectivity index (χ0v) is 18.1. The van der Waals surface area contributed by atoms with Crippen LogP contribution in [0.2, 0.25) is 0 Å². The van der Waals surface area contributed by atoms with Crippen molar-refractivity contribution in [1.29, 1.82) is 0 Å². The van der Waals surface area contributed by atoms with Gasteiger partial charge < -0.3 is 20.5 Å². The summed E-state index contributed by atoms with van der Waals surface area (Å²) in [4.78, 5) is 14.8. The molecule has 2 fully saturated rings. The highest BCUT2D eigenvalue weighted by Crippen LogP contribution is 2.20. The van der Waals surface area contributed by atoms with Crippen molar-refractivity contribution >= 4 is 36.4 Å². The minimum absolute atomic E-state index is 0. The van der Waals surface area contributed by atoms with E-state index in [1.54, 1.807) is 0 Å². The van der Waals surface area contributed by atoms with Crippen LogP contribution in [0.3, 0.4) is 0 Å². The number of carbonyl (C=O) groups excluding carboxylic acids is 1. The van der Waals surface area contributed by atoms with E-state index in [4.69, 9.17) is 15.2 Å². The molecule has 0 radical (unpaired) electrons. The summed E-state index contributed by atoms with van der Waals surface area (Å²) in [6, 6.07) is 7.02. The number of likely N-dealkylation sites (tertiary alicyclic amines) is 1. The van der Waals surface area contributed by atoms with Crippen molar-refractivity contribution in [2.45, 2.75) is 32.2 Å². The molecule has 1 aromatic carbocycles. The quantitative estimate of drug-likeness (QED) is 0.690. The average molecular weight is 434 g/mol. The van der Waals surface area contributed by atoms with Gasteiger partial charge in [0.15, 0.2) is 0 Å². The summed E-state index contributed by atoms with van der Waals surface area (Å²) in [6.45, 7) is 7.66. The van der Waals surface area contributed by atoms with Crippen molar-refractivity contribution in [2.75, 3.05) is 44.8 Å². The molecular formula is C20H33Cl2N3O3. The molecule has 1 aromatic rings. The van der Waals surface area contributed by atoms with Crippen LogP contribution in [-0.4, -0.2) is 56.3 Å². The van der Waals surface area contributed by atoms with Crippen molar-refractivity contribution in [1.82, 2.24) is 4.90 Å². The fourth-order valence-electron chi connectivity index (χ4n) is 3.67. The number of carbonyl (C=O) groups is 1. The maximum atomic E-state index is 12.3. The molecule has 28 heavy (non-hydrogen) atoms. The number of benzene rings is 1. The Bertz CT molecular complexity index is 583. The number of nitrogens with two attached hydrogens (primary N) is 1. The lowest BCUT2D eigenvalue weighted by molar-refractivity contribution is -0.119. The monoisotopic (exact) mass is 433 g/mol. The van der Waals surface area contributed by atoms with Crippen LogP contribution in [0.25, 0.3) is 0 Å². The van der Waals surface area contributed by atoms with E-state index in [9.17, 15) is 4.79 Å². The highest BCUT2D eigenvalue weighted by atomic mass is 35.5. The lowest BCUT2D eigenvalue weighted by Gasteiger charge is -2.26. The molecule has 3 rings (SSSR count). The van der Waals surface area contributed by atoms with Gasteiger partial charge in [-0.25, -0.2) is 0 Å². The molecule has 0 saturated carbocycles. The molecule has 1 amide bonds. The van der Waals surface area contributed by atoms with Gasteiger partial charge in [-0.05, 0) is 61.9 Å². The average Bonchev–Trinajstić information content (AvgIpc) is 3.08. The number of nitrogens with zero attached hydrogens (tertiary/aromatic N) is 1. The molecule has 0 spiro atoms. The summed E-state index contributed by atoms with van der Waals surface area (Å²) in [5.74, 6) is 1.68. The first-order valence-electron chi connectivity index (χ1n) is 9.71. The molecule has 0 aromatic heterocycles. The van der Waals surface area contributed by atoms with Crippen LogP contribution >= 0.6 is 24.8 Å². The summed E-state index contributed by atoms with van der Waals surface area (Å²) < 4.78 is 11.1. The first-order valence-corrected chi connectivity index (χ1v) is 9.71. The summed E-state index contributed by atoms with van der Waals surface area (Å²) in [6.07, 6.45) is 2.97. The molecule has 0 aliphatic carbocycles. The smallest absolute Gasteiger partial charge is 0.241 e. The number of nitrogens with one attached hydrogen (secondary N) is 1. The van der Waals surface area contributed by atoms with E-state index < -0.39 is 6.04 Å². The number of rotatable bonds is 7. The van der Waals surface area contributed by atoms with Gasteiger partial charge >= 0.3 is 0 Å². The Morgan fingerprint density at radius 1 is 1.25 bits per heavy atom. The molecule has 0 bridgehead atoms. The van der Waals surface area contributed by atoms with E-state index in [1.807, 2.05) is 24.3 Å². The number of anilines is 1. The third-order valence-corrected chi connectivity index (χ3v) is 5.38. The van der Waals surface area contributed by atoms with Gasteiger partial charge in [-0.15, -0.1) is 24.8 Å². The molecule has 2 aliphatic heterocycles. The topological polar surface area (TPSA) is 76.8 Å². The molecule has 3 N–H and O–H groups in total. The lowest BCUT2D eigenvalue weighted by atomic mass is 9.92. The number of hydrogen-bond acceptors (Lipinski definition) is 5. The SMILES string of the molecule is CC1CCN(CCOc2ccc(NC(=O)C(N)C3CCOCC3)cc2)C1.Cl.Cl. The molecule has 2 heterocycles. The van der Waals surface area contributed by atoms with Gasteiger partial charge in [0.1, 0.15) is 12.4 Å². The van der Waals surface area contributed by atoms with Gasteiger partial charge in [0.2, 0.25) is 5.91 Å². The second kappa shape index (κ2) is 12.5. The number of amides is 1. The van der Waals surface area contributed by atoms with E-state index in [1.165, 1.54) is 19.5 Å². The van der Waals surface area contributed by atoms with Crippen LogP contribution in [0.4, 0.5) is 5.69 Å². The fraction of sp³-hybridized carbons (Fsp3) is 0.650. The zero-order chi connectivity index (χ0) is 18.4. The van der Waals surface area contributed by atoms with Crippen molar-refractivity contribution in [3.63, 3.8) is 0 Å². The Kier molecular flexibility index (Phi) is 11.2. The molecule has 8 heteroatoms. The maximum absolute atomic E-state index is 12.3. The molecule has 2 atom stereocenters. The van der Waals surface area contributed by atoms with Crippen LogP contribution in [0.15, 0.2) is 24.3 Å². The predicted molar refractivity (Wildman–Crippen MR) is 117 cm³/mol. The largest absolute Gasteiger partial charge is 0.492 e. The predicted octanol–water partition coefficient (Wildman–Crippen LogP) is 2.94. The molecular weight excluding hydrogens is 401 g/mol. The third kappa shape index (κ3) is 7.41. The van der Waals surface area contributed by atoms with E-state index in [-0.39, 0.29) is 36.6 Å². The minimum atomic E-state index is -0.488. The first kappa shape index (κ1) is 25.0. The summed E-state index contributed by atoms with van der Waals surface area (Å²) in [7, 11) is 0. The Morgan fingerprint density at radius 2 is 1.93 bits per heavy atom. The van der Waals surface area contributed by atoms with Crippen LogP contribution in [0, 0.1) is 11.8 Å². The van der Waals surface area contributed by atoms with Gasteiger partial charge in [-0.2, -0.15) is 0 Å². The summed E-state index contributed by atoms with van der Waals surface area (Å²) in [5.41, 5.74) is 6.86. The maximum Gasteiger partial charge on any atom is 0.241 e. The highest BCUT2D eigenvalue weighted by Gasteiger charge is 2.26. The number of halogens is 2. The standard InChI is InChI=1S/C20H31N3O3.2ClH/c1-15-6-9-23(14-15)10-13-26-18-4-2-17(3-5-18)22-20(24)19(21)16-7-11-25-12-8-16;;/h2-5,15-16,19H,6-14,21H2,1H3,(H,22,24);2*1H. The molecule has 6 nitrogen and oxygen atoms in total. The minimum Gasteiger partial charge on any atom is -0.492 e. The van der Waals surface area contributed by atoms with Crippen LogP contribution in [-0.2, 0) is 9.53 Å². The van der Waals surface area contributed by atoms with Crippen LogP contribution in [0.1, 0.15) is 26.2 Å². The van der Waals surface area contributed by atoms with Crippen molar-refractivity contribution in [3.8, 4) is 5.75 Å². The van der Waals surface area contributed by atoms with E-state index in [0.29, 0.717) is 19.8 Å². The highest BCUT2D eigenvalue weighted by molar-refractivity contribution is 5.94. The van der Waals surface area contributed by atoms with Gasteiger partial charge in [-0.3, -0.25) is 9.69 Å². The van der Waals surface area contributed by atoms with E-state index >= 15 is 0 Å². The zero-order valence-electron chi connectivity index (χ0n) is 16.5. The molecule has 160 valence electrons. The van der Waals surface area contributed by atoms with Gasteiger partial charge in [0, 0.05) is 32.0 Å². The van der Waals surface area contributed by atoms with E-state index in [0.717, 1.165) is 36.7 Å². The summed E-state index contributed by atoms with van der Waals surface area (Å²) >= 11 is 0. The van der Waals surface area contributed by atoms with Crippen molar-refractivity contribution in [2.24, 2.45) is 17.6 Å².